The van der Waals surface area contributed by atoms with E-state index in [0.29, 0.717) is 23.2 Å². The molecular formula is C17H17N3O3. The fraction of sp³-hybridized carbons (Fsp3) is 0.176. The predicted octanol–water partition coefficient (Wildman–Crippen LogP) is 3.31. The van der Waals surface area contributed by atoms with Crippen LogP contribution in [-0.2, 0) is 0 Å². The molecule has 118 valence electrons. The van der Waals surface area contributed by atoms with Gasteiger partial charge in [0, 0.05) is 16.8 Å². The van der Waals surface area contributed by atoms with Gasteiger partial charge < -0.3 is 19.7 Å². The van der Waals surface area contributed by atoms with Crippen molar-refractivity contribution in [3.63, 3.8) is 0 Å². The predicted molar refractivity (Wildman–Crippen MR) is 87.4 cm³/mol. The number of nitrogen functional groups attached to an aromatic ring is 1. The van der Waals surface area contributed by atoms with Crippen molar-refractivity contribution in [1.82, 2.24) is 10.1 Å². The van der Waals surface area contributed by atoms with Gasteiger partial charge in [0.05, 0.1) is 14.2 Å². The zero-order valence-electron chi connectivity index (χ0n) is 13.2. The van der Waals surface area contributed by atoms with Crippen molar-refractivity contribution in [3.05, 3.63) is 42.0 Å². The summed E-state index contributed by atoms with van der Waals surface area (Å²) in [6.45, 7) is 1.93. The molecule has 0 saturated carbocycles. The number of hydrogen-bond acceptors (Lipinski definition) is 6. The molecule has 2 aromatic carbocycles. The van der Waals surface area contributed by atoms with E-state index in [1.54, 1.807) is 20.3 Å². The topological polar surface area (TPSA) is 83.4 Å². The van der Waals surface area contributed by atoms with Crippen molar-refractivity contribution < 1.29 is 14.0 Å². The van der Waals surface area contributed by atoms with Crippen LogP contribution in [0.1, 0.15) is 5.56 Å². The number of hydrogen-bond donors (Lipinski definition) is 1. The van der Waals surface area contributed by atoms with Crippen molar-refractivity contribution in [1.29, 1.82) is 0 Å². The smallest absolute Gasteiger partial charge is 0.258 e. The van der Waals surface area contributed by atoms with Crippen LogP contribution in [-0.4, -0.2) is 24.4 Å². The van der Waals surface area contributed by atoms with Gasteiger partial charge in [-0.15, -0.1) is 0 Å². The molecule has 0 amide bonds. The Labute approximate surface area is 133 Å². The van der Waals surface area contributed by atoms with E-state index in [-0.39, 0.29) is 0 Å². The maximum absolute atomic E-state index is 5.83. The molecule has 0 bridgehead atoms. The molecule has 3 rings (SSSR count). The van der Waals surface area contributed by atoms with Crippen LogP contribution in [0.25, 0.3) is 22.8 Å². The van der Waals surface area contributed by atoms with Gasteiger partial charge >= 0.3 is 0 Å². The van der Waals surface area contributed by atoms with Crippen LogP contribution in [0.5, 0.6) is 11.5 Å². The zero-order valence-corrected chi connectivity index (χ0v) is 13.2. The highest BCUT2D eigenvalue weighted by molar-refractivity contribution is 5.65. The number of ether oxygens (including phenoxy) is 2. The molecule has 0 unspecified atom stereocenters. The highest BCUT2D eigenvalue weighted by Gasteiger charge is 2.13. The van der Waals surface area contributed by atoms with E-state index in [2.05, 4.69) is 10.1 Å². The van der Waals surface area contributed by atoms with Crippen molar-refractivity contribution in [3.8, 4) is 34.3 Å². The van der Waals surface area contributed by atoms with E-state index < -0.39 is 0 Å². The molecule has 0 saturated heterocycles. The SMILES string of the molecule is COc1ccc(-c2noc(-c3ccc(N)c(C)c3)n2)cc1OC. The fourth-order valence-corrected chi connectivity index (χ4v) is 2.24. The molecular weight excluding hydrogens is 294 g/mol. The fourth-order valence-electron chi connectivity index (χ4n) is 2.24. The van der Waals surface area contributed by atoms with E-state index in [4.69, 9.17) is 19.7 Å². The van der Waals surface area contributed by atoms with Gasteiger partial charge in [0.2, 0.25) is 5.82 Å². The molecule has 0 aliphatic rings. The monoisotopic (exact) mass is 311 g/mol. The van der Waals surface area contributed by atoms with Gasteiger partial charge in [-0.3, -0.25) is 0 Å². The van der Waals surface area contributed by atoms with E-state index in [1.165, 1.54) is 0 Å². The van der Waals surface area contributed by atoms with Crippen molar-refractivity contribution in [2.45, 2.75) is 6.92 Å². The van der Waals surface area contributed by atoms with Crippen LogP contribution in [0, 0.1) is 6.92 Å². The zero-order chi connectivity index (χ0) is 16.4. The first-order valence-electron chi connectivity index (χ1n) is 7.05. The summed E-state index contributed by atoms with van der Waals surface area (Å²) in [5.74, 6) is 2.18. The Balaban J connectivity index is 1.97. The minimum Gasteiger partial charge on any atom is -0.493 e. The number of methoxy groups -OCH3 is 2. The molecule has 1 heterocycles. The molecule has 0 aliphatic carbocycles. The van der Waals surface area contributed by atoms with Crippen LogP contribution in [0.3, 0.4) is 0 Å². The van der Waals surface area contributed by atoms with Gasteiger partial charge in [-0.05, 0) is 48.9 Å². The largest absolute Gasteiger partial charge is 0.493 e. The van der Waals surface area contributed by atoms with E-state index in [1.807, 2.05) is 37.3 Å². The minimum atomic E-state index is 0.442. The Morgan fingerprint density at radius 1 is 0.957 bits per heavy atom. The summed E-state index contributed by atoms with van der Waals surface area (Å²) in [7, 11) is 3.17. The minimum absolute atomic E-state index is 0.442. The van der Waals surface area contributed by atoms with Crippen molar-refractivity contribution in [2.75, 3.05) is 20.0 Å². The average Bonchev–Trinajstić information content (AvgIpc) is 3.06. The van der Waals surface area contributed by atoms with Gasteiger partial charge in [0.25, 0.3) is 5.89 Å². The van der Waals surface area contributed by atoms with Gasteiger partial charge in [0.15, 0.2) is 11.5 Å². The molecule has 2 N–H and O–H groups in total. The summed E-state index contributed by atoms with van der Waals surface area (Å²) in [6, 6.07) is 11.1. The Kier molecular flexibility index (Phi) is 3.89. The number of aromatic nitrogens is 2. The van der Waals surface area contributed by atoms with Crippen LogP contribution < -0.4 is 15.2 Å². The normalized spacial score (nSPS) is 10.6. The maximum Gasteiger partial charge on any atom is 0.258 e. The molecule has 0 aliphatic heterocycles. The van der Waals surface area contributed by atoms with Crippen LogP contribution in [0.15, 0.2) is 40.9 Å². The summed E-state index contributed by atoms with van der Waals surface area (Å²) in [5, 5.41) is 4.03. The highest BCUT2D eigenvalue weighted by Crippen LogP contribution is 2.32. The number of benzene rings is 2. The van der Waals surface area contributed by atoms with E-state index >= 15 is 0 Å². The third kappa shape index (κ3) is 2.83. The number of nitrogens with two attached hydrogens (primary N) is 1. The second-order valence-corrected chi connectivity index (χ2v) is 5.06. The molecule has 0 spiro atoms. The third-order valence-corrected chi connectivity index (χ3v) is 3.58. The van der Waals surface area contributed by atoms with Crippen molar-refractivity contribution in [2.24, 2.45) is 0 Å². The first-order chi connectivity index (χ1) is 11.1. The third-order valence-electron chi connectivity index (χ3n) is 3.58. The summed E-state index contributed by atoms with van der Waals surface area (Å²) >= 11 is 0. The van der Waals surface area contributed by atoms with Crippen LogP contribution in [0.2, 0.25) is 0 Å². The second kappa shape index (κ2) is 6.00. The van der Waals surface area contributed by atoms with E-state index in [0.717, 1.165) is 22.4 Å². The standard InChI is InChI=1S/C17H17N3O3/c1-10-8-12(4-6-13(10)18)17-19-16(20-23-17)11-5-7-14(21-2)15(9-11)22-3/h4-9H,18H2,1-3H3. The summed E-state index contributed by atoms with van der Waals surface area (Å²) in [5.41, 5.74) is 9.14. The summed E-state index contributed by atoms with van der Waals surface area (Å²) in [4.78, 5) is 4.44. The lowest BCUT2D eigenvalue weighted by Crippen LogP contribution is -1.91. The van der Waals surface area contributed by atoms with Gasteiger partial charge in [-0.1, -0.05) is 5.16 Å². The molecule has 6 nitrogen and oxygen atoms in total. The number of nitrogens with zero attached hydrogens (tertiary/aromatic N) is 2. The van der Waals surface area contributed by atoms with Gasteiger partial charge in [-0.2, -0.15) is 4.98 Å². The Bertz CT molecular complexity index is 843. The Morgan fingerprint density at radius 3 is 2.39 bits per heavy atom. The molecule has 0 radical (unpaired) electrons. The Morgan fingerprint density at radius 2 is 1.70 bits per heavy atom. The van der Waals surface area contributed by atoms with Gasteiger partial charge in [0.1, 0.15) is 0 Å². The lowest BCUT2D eigenvalue weighted by atomic mass is 10.1. The van der Waals surface area contributed by atoms with Crippen LogP contribution in [0.4, 0.5) is 5.69 Å². The molecule has 23 heavy (non-hydrogen) atoms. The Hall–Kier alpha value is -3.02. The number of aryl methyl sites for hydroxylation is 1. The van der Waals surface area contributed by atoms with Crippen LogP contribution >= 0.6 is 0 Å². The first-order valence-corrected chi connectivity index (χ1v) is 7.05. The molecule has 0 fully saturated rings. The summed E-state index contributed by atoms with van der Waals surface area (Å²) < 4.78 is 15.9. The molecule has 6 heteroatoms. The average molecular weight is 311 g/mol. The molecule has 0 atom stereocenters. The molecule has 1 aromatic heterocycles. The van der Waals surface area contributed by atoms with Gasteiger partial charge in [-0.25, -0.2) is 0 Å². The second-order valence-electron chi connectivity index (χ2n) is 5.06. The first kappa shape index (κ1) is 14.9. The number of anilines is 1. The van der Waals surface area contributed by atoms with E-state index in [9.17, 15) is 0 Å². The molecule has 3 aromatic rings. The number of rotatable bonds is 4. The highest BCUT2D eigenvalue weighted by atomic mass is 16.5. The lowest BCUT2D eigenvalue weighted by Gasteiger charge is -2.07. The lowest BCUT2D eigenvalue weighted by molar-refractivity contribution is 0.355. The summed E-state index contributed by atoms with van der Waals surface area (Å²) in [6.07, 6.45) is 0. The van der Waals surface area contributed by atoms with Crippen molar-refractivity contribution >= 4 is 5.69 Å². The quantitative estimate of drug-likeness (QED) is 0.744. The maximum atomic E-state index is 5.83.